The van der Waals surface area contributed by atoms with Crippen molar-refractivity contribution in [2.24, 2.45) is 4.99 Å². The summed E-state index contributed by atoms with van der Waals surface area (Å²) in [5.74, 6) is 2.64. The Hall–Kier alpha value is -2.17. The highest BCUT2D eigenvalue weighted by molar-refractivity contribution is 5.79. The van der Waals surface area contributed by atoms with Gasteiger partial charge < -0.3 is 19.5 Å². The maximum atomic E-state index is 5.32. The Morgan fingerprint density at radius 2 is 1.76 bits per heavy atom. The summed E-state index contributed by atoms with van der Waals surface area (Å²) < 4.78 is 10.6. The third kappa shape index (κ3) is 5.77. The van der Waals surface area contributed by atoms with Gasteiger partial charge in [0.05, 0.1) is 12.5 Å². The molecule has 0 aliphatic carbocycles. The lowest BCUT2D eigenvalue weighted by molar-refractivity contribution is 0.505. The van der Waals surface area contributed by atoms with Gasteiger partial charge in [-0.1, -0.05) is 13.3 Å². The Labute approximate surface area is 125 Å². The fourth-order valence-electron chi connectivity index (χ4n) is 1.88. The highest BCUT2D eigenvalue weighted by atomic mass is 16.3. The fourth-order valence-corrected chi connectivity index (χ4v) is 1.88. The number of furan rings is 2. The quantitative estimate of drug-likeness (QED) is 0.445. The van der Waals surface area contributed by atoms with Crippen LogP contribution in [0.1, 0.15) is 31.3 Å². The molecule has 2 rings (SSSR count). The van der Waals surface area contributed by atoms with E-state index in [1.54, 1.807) is 12.5 Å². The average molecular weight is 289 g/mol. The van der Waals surface area contributed by atoms with Gasteiger partial charge in [0, 0.05) is 19.5 Å². The zero-order valence-electron chi connectivity index (χ0n) is 12.5. The van der Waals surface area contributed by atoms with Crippen LogP contribution in [0.25, 0.3) is 0 Å². The molecule has 0 amide bonds. The van der Waals surface area contributed by atoms with E-state index in [4.69, 9.17) is 8.83 Å². The van der Waals surface area contributed by atoms with Crippen LogP contribution in [0.5, 0.6) is 0 Å². The topological polar surface area (TPSA) is 62.7 Å². The van der Waals surface area contributed by atoms with Crippen molar-refractivity contribution in [3.05, 3.63) is 48.3 Å². The molecule has 5 nitrogen and oxygen atoms in total. The van der Waals surface area contributed by atoms with Crippen LogP contribution < -0.4 is 10.6 Å². The molecule has 0 fully saturated rings. The first-order valence-corrected chi connectivity index (χ1v) is 7.45. The van der Waals surface area contributed by atoms with E-state index < -0.39 is 0 Å². The molecule has 0 saturated carbocycles. The molecular formula is C16H23N3O2. The molecule has 0 radical (unpaired) electrons. The lowest BCUT2D eigenvalue weighted by Gasteiger charge is -2.11. The number of hydrogen-bond acceptors (Lipinski definition) is 3. The standard InChI is InChI=1S/C16H23N3O2/c1-2-3-9-17-16(19-13-15-7-5-12-21-15)18-10-8-14-6-4-11-20-14/h4-7,11-12H,2-3,8-10,13H2,1H3,(H2,17,18,19). The van der Waals surface area contributed by atoms with Gasteiger partial charge >= 0.3 is 0 Å². The maximum Gasteiger partial charge on any atom is 0.191 e. The summed E-state index contributed by atoms with van der Waals surface area (Å²) in [6, 6.07) is 7.68. The molecule has 5 heteroatoms. The number of unbranched alkanes of at least 4 members (excludes halogenated alkanes) is 1. The zero-order valence-corrected chi connectivity index (χ0v) is 12.5. The van der Waals surface area contributed by atoms with Gasteiger partial charge in [0.15, 0.2) is 5.96 Å². The molecule has 21 heavy (non-hydrogen) atoms. The second-order valence-electron chi connectivity index (χ2n) is 4.78. The van der Waals surface area contributed by atoms with Crippen molar-refractivity contribution in [1.82, 2.24) is 10.6 Å². The first-order chi connectivity index (χ1) is 10.4. The lowest BCUT2D eigenvalue weighted by Crippen LogP contribution is -2.38. The molecule has 2 heterocycles. The van der Waals surface area contributed by atoms with Gasteiger partial charge in [-0.3, -0.25) is 0 Å². The smallest absolute Gasteiger partial charge is 0.191 e. The molecule has 2 aromatic heterocycles. The van der Waals surface area contributed by atoms with E-state index in [0.29, 0.717) is 6.54 Å². The van der Waals surface area contributed by atoms with Crippen molar-refractivity contribution in [3.63, 3.8) is 0 Å². The summed E-state index contributed by atoms with van der Waals surface area (Å²) in [5.41, 5.74) is 0. The van der Waals surface area contributed by atoms with Gasteiger partial charge in [0.1, 0.15) is 18.1 Å². The summed E-state index contributed by atoms with van der Waals surface area (Å²) in [4.78, 5) is 4.53. The Morgan fingerprint density at radius 3 is 2.43 bits per heavy atom. The Balaban J connectivity index is 1.80. The molecular weight excluding hydrogens is 266 g/mol. The number of aliphatic imine (C=N–C) groups is 1. The number of rotatable bonds is 8. The normalized spacial score (nSPS) is 11.6. The molecule has 2 N–H and O–H groups in total. The van der Waals surface area contributed by atoms with Crippen LogP contribution in [0.15, 0.2) is 50.6 Å². The average Bonchev–Trinajstić information content (AvgIpc) is 3.18. The van der Waals surface area contributed by atoms with E-state index in [-0.39, 0.29) is 0 Å². The molecule has 0 aliphatic rings. The van der Waals surface area contributed by atoms with Crippen molar-refractivity contribution < 1.29 is 8.83 Å². The van der Waals surface area contributed by atoms with Crippen molar-refractivity contribution in [2.45, 2.75) is 32.7 Å². The largest absolute Gasteiger partial charge is 0.469 e. The third-order valence-corrected chi connectivity index (χ3v) is 3.04. The van der Waals surface area contributed by atoms with Crippen LogP contribution in [0, 0.1) is 0 Å². The van der Waals surface area contributed by atoms with E-state index in [2.05, 4.69) is 22.5 Å². The molecule has 0 spiro atoms. The highest BCUT2D eigenvalue weighted by Crippen LogP contribution is 2.02. The van der Waals surface area contributed by atoms with Crippen LogP contribution in [0.2, 0.25) is 0 Å². The summed E-state index contributed by atoms with van der Waals surface area (Å²) in [6.07, 6.45) is 6.48. The first kappa shape index (κ1) is 15.2. The molecule has 2 aromatic rings. The minimum Gasteiger partial charge on any atom is -0.469 e. The maximum absolute atomic E-state index is 5.32. The van der Waals surface area contributed by atoms with E-state index in [1.165, 1.54) is 0 Å². The highest BCUT2D eigenvalue weighted by Gasteiger charge is 2.01. The summed E-state index contributed by atoms with van der Waals surface area (Å²) in [5, 5.41) is 6.65. The van der Waals surface area contributed by atoms with Crippen LogP contribution in [-0.4, -0.2) is 19.0 Å². The summed E-state index contributed by atoms with van der Waals surface area (Å²) in [6.45, 7) is 4.41. The van der Waals surface area contributed by atoms with Crippen molar-refractivity contribution in [3.8, 4) is 0 Å². The molecule has 0 unspecified atom stereocenters. The van der Waals surface area contributed by atoms with Gasteiger partial charge in [-0.15, -0.1) is 0 Å². The SMILES string of the molecule is CCCCNC(=NCc1ccco1)NCCc1ccco1. The van der Waals surface area contributed by atoms with Gasteiger partial charge in [-0.05, 0) is 30.7 Å². The minimum absolute atomic E-state index is 0.537. The molecule has 0 bridgehead atoms. The lowest BCUT2D eigenvalue weighted by atomic mass is 10.3. The molecule has 0 aromatic carbocycles. The van der Waals surface area contributed by atoms with Crippen molar-refractivity contribution >= 4 is 5.96 Å². The predicted molar refractivity (Wildman–Crippen MR) is 83.2 cm³/mol. The van der Waals surface area contributed by atoms with E-state index in [9.17, 15) is 0 Å². The van der Waals surface area contributed by atoms with Crippen molar-refractivity contribution in [1.29, 1.82) is 0 Å². The Morgan fingerprint density at radius 1 is 1.05 bits per heavy atom. The van der Waals surface area contributed by atoms with E-state index in [0.717, 1.165) is 49.8 Å². The van der Waals surface area contributed by atoms with Gasteiger partial charge in [-0.2, -0.15) is 0 Å². The van der Waals surface area contributed by atoms with Gasteiger partial charge in [0.25, 0.3) is 0 Å². The molecule has 0 saturated heterocycles. The van der Waals surface area contributed by atoms with E-state index >= 15 is 0 Å². The Bertz CT molecular complexity index is 504. The minimum atomic E-state index is 0.537. The predicted octanol–water partition coefficient (Wildman–Crippen LogP) is 2.95. The number of guanidine groups is 1. The van der Waals surface area contributed by atoms with Crippen LogP contribution in [-0.2, 0) is 13.0 Å². The van der Waals surface area contributed by atoms with Crippen molar-refractivity contribution in [2.75, 3.05) is 13.1 Å². The molecule has 0 atom stereocenters. The molecule has 0 aliphatic heterocycles. The van der Waals surface area contributed by atoms with E-state index in [1.807, 2.05) is 24.3 Å². The van der Waals surface area contributed by atoms with Crippen LogP contribution in [0.3, 0.4) is 0 Å². The monoisotopic (exact) mass is 289 g/mol. The third-order valence-electron chi connectivity index (χ3n) is 3.04. The summed E-state index contributed by atoms with van der Waals surface area (Å²) in [7, 11) is 0. The first-order valence-electron chi connectivity index (χ1n) is 7.45. The second-order valence-corrected chi connectivity index (χ2v) is 4.78. The number of nitrogens with zero attached hydrogens (tertiary/aromatic N) is 1. The van der Waals surface area contributed by atoms with Gasteiger partial charge in [0.2, 0.25) is 0 Å². The molecule has 114 valence electrons. The fraction of sp³-hybridized carbons (Fsp3) is 0.438. The number of hydrogen-bond donors (Lipinski definition) is 2. The second kappa shape index (κ2) is 8.89. The van der Waals surface area contributed by atoms with Crippen LogP contribution >= 0.6 is 0 Å². The zero-order chi connectivity index (χ0) is 14.8. The van der Waals surface area contributed by atoms with Crippen LogP contribution in [0.4, 0.5) is 0 Å². The summed E-state index contributed by atoms with van der Waals surface area (Å²) >= 11 is 0. The van der Waals surface area contributed by atoms with Gasteiger partial charge in [-0.25, -0.2) is 4.99 Å². The Kier molecular flexibility index (Phi) is 6.45. The number of nitrogens with one attached hydrogen (secondary N) is 2.